The number of nitrogens with zero attached hydrogens (tertiary/aromatic N) is 1. The maximum Gasteiger partial charge on any atom is 0.416 e. The normalized spacial score (nSPS) is 17.5. The second-order valence-electron chi connectivity index (χ2n) is 11.6. The summed E-state index contributed by atoms with van der Waals surface area (Å²) in [6.45, 7) is 10.0. The minimum absolute atomic E-state index is 0.00708. The molecule has 0 spiro atoms. The largest absolute Gasteiger partial charge is 0.458 e. The molecule has 1 saturated heterocycles. The van der Waals surface area contributed by atoms with Crippen LogP contribution in [0.5, 0.6) is 0 Å². The molecule has 0 aliphatic carbocycles. The molecule has 2 atom stereocenters. The highest BCUT2D eigenvalue weighted by atomic mass is 19.4. The summed E-state index contributed by atoms with van der Waals surface area (Å²) in [6, 6.07) is 8.45. The number of carbonyl (C=O) groups excluding carboxylic acids is 4. The quantitative estimate of drug-likeness (QED) is 0.351. The summed E-state index contributed by atoms with van der Waals surface area (Å²) in [4.78, 5) is 52.4. The summed E-state index contributed by atoms with van der Waals surface area (Å²) < 4.78 is 54.9. The van der Waals surface area contributed by atoms with Crippen LogP contribution in [0.15, 0.2) is 48.5 Å². The van der Waals surface area contributed by atoms with Crippen molar-refractivity contribution in [3.05, 3.63) is 65.2 Å². The average Bonchev–Trinajstić information content (AvgIpc) is 3.26. The van der Waals surface area contributed by atoms with E-state index in [0.717, 1.165) is 24.3 Å². The predicted molar refractivity (Wildman–Crippen MR) is 142 cm³/mol. The van der Waals surface area contributed by atoms with Crippen molar-refractivity contribution >= 4 is 29.6 Å². The first-order chi connectivity index (χ1) is 18.8. The van der Waals surface area contributed by atoms with Crippen molar-refractivity contribution in [2.75, 3.05) is 11.9 Å². The molecule has 1 aliphatic rings. The number of carbonyl (C=O) groups is 4. The third kappa shape index (κ3) is 8.95. The number of ether oxygens (including phenoxy) is 3. The Hall–Kier alpha value is -4.09. The lowest BCUT2D eigenvalue weighted by molar-refractivity contribution is -0.160. The molecular weight excluding hydrogens is 545 g/mol. The summed E-state index contributed by atoms with van der Waals surface area (Å²) in [5.41, 5.74) is -2.25. The molecule has 3 rings (SSSR count). The first kappa shape index (κ1) is 31.4. The number of benzene rings is 2. The zero-order chi connectivity index (χ0) is 30.8. The van der Waals surface area contributed by atoms with E-state index in [0.29, 0.717) is 0 Å². The third-order valence-electron chi connectivity index (χ3n) is 5.67. The van der Waals surface area contributed by atoms with Crippen LogP contribution in [0, 0.1) is 0 Å². The maximum atomic E-state index is 13.0. The molecule has 1 fully saturated rings. The lowest BCUT2D eigenvalue weighted by atomic mass is 10.1. The third-order valence-corrected chi connectivity index (χ3v) is 5.67. The maximum absolute atomic E-state index is 13.0. The van der Waals surface area contributed by atoms with E-state index in [1.807, 2.05) is 0 Å². The molecule has 41 heavy (non-hydrogen) atoms. The molecule has 0 saturated carbocycles. The van der Waals surface area contributed by atoms with Crippen molar-refractivity contribution in [1.82, 2.24) is 4.90 Å². The van der Waals surface area contributed by atoms with Crippen LogP contribution in [0.25, 0.3) is 0 Å². The molecule has 1 heterocycles. The number of halogens is 3. The number of nitrogens with one attached hydrogen (secondary N) is 1. The number of hydrogen-bond donors (Lipinski definition) is 1. The fraction of sp³-hybridized carbons (Fsp3) is 0.448. The van der Waals surface area contributed by atoms with E-state index in [-0.39, 0.29) is 29.8 Å². The van der Waals surface area contributed by atoms with E-state index in [4.69, 9.17) is 14.2 Å². The Morgan fingerprint density at radius 2 is 1.46 bits per heavy atom. The van der Waals surface area contributed by atoms with Crippen molar-refractivity contribution < 1.29 is 46.6 Å². The van der Waals surface area contributed by atoms with E-state index in [9.17, 15) is 32.3 Å². The molecule has 2 amide bonds. The van der Waals surface area contributed by atoms with Gasteiger partial charge in [-0.05, 0) is 84.0 Å². The summed E-state index contributed by atoms with van der Waals surface area (Å²) >= 11 is 0. The summed E-state index contributed by atoms with van der Waals surface area (Å²) in [5.74, 6) is -2.10. The van der Waals surface area contributed by atoms with E-state index in [1.165, 1.54) is 29.2 Å². The van der Waals surface area contributed by atoms with Crippen LogP contribution in [0.4, 0.5) is 23.7 Å². The zero-order valence-electron chi connectivity index (χ0n) is 23.6. The highest BCUT2D eigenvalue weighted by Crippen LogP contribution is 2.30. The second-order valence-corrected chi connectivity index (χ2v) is 11.6. The molecule has 0 bridgehead atoms. The van der Waals surface area contributed by atoms with Crippen LogP contribution in [-0.4, -0.2) is 58.7 Å². The molecule has 0 aromatic heterocycles. The van der Waals surface area contributed by atoms with Crippen LogP contribution in [0.2, 0.25) is 0 Å². The SMILES string of the molecule is CC(C)(C)OC(=O)[C@@H]1C[C@H](OC(=O)c2cccc(NC(=O)c3ccc(C(F)(F)F)cc3)c2)CN1C(=O)OC(C)(C)C. The van der Waals surface area contributed by atoms with Gasteiger partial charge in [-0.25, -0.2) is 14.4 Å². The summed E-state index contributed by atoms with van der Waals surface area (Å²) in [6.07, 6.45) is -6.14. The van der Waals surface area contributed by atoms with Gasteiger partial charge in [-0.3, -0.25) is 9.69 Å². The minimum atomic E-state index is -4.53. The van der Waals surface area contributed by atoms with Crippen LogP contribution in [0.3, 0.4) is 0 Å². The Morgan fingerprint density at radius 3 is 2.02 bits per heavy atom. The summed E-state index contributed by atoms with van der Waals surface area (Å²) in [7, 11) is 0. The van der Waals surface area contributed by atoms with Gasteiger partial charge < -0.3 is 19.5 Å². The van der Waals surface area contributed by atoms with Gasteiger partial charge in [0.2, 0.25) is 0 Å². The van der Waals surface area contributed by atoms with Gasteiger partial charge in [0.05, 0.1) is 17.7 Å². The molecule has 1 N–H and O–H groups in total. The second kappa shape index (κ2) is 11.8. The highest BCUT2D eigenvalue weighted by molar-refractivity contribution is 6.04. The van der Waals surface area contributed by atoms with Gasteiger partial charge in [0.1, 0.15) is 23.3 Å². The van der Waals surface area contributed by atoms with Gasteiger partial charge in [-0.15, -0.1) is 0 Å². The van der Waals surface area contributed by atoms with E-state index < -0.39 is 59.0 Å². The molecule has 2 aromatic rings. The molecule has 9 nitrogen and oxygen atoms in total. The van der Waals surface area contributed by atoms with Crippen LogP contribution < -0.4 is 5.32 Å². The highest BCUT2D eigenvalue weighted by Gasteiger charge is 2.45. The first-order valence-electron chi connectivity index (χ1n) is 12.8. The fourth-order valence-electron chi connectivity index (χ4n) is 3.96. The fourth-order valence-corrected chi connectivity index (χ4v) is 3.96. The van der Waals surface area contributed by atoms with Gasteiger partial charge >= 0.3 is 24.2 Å². The molecule has 0 radical (unpaired) electrons. The summed E-state index contributed by atoms with van der Waals surface area (Å²) in [5, 5.41) is 2.53. The van der Waals surface area contributed by atoms with Gasteiger partial charge in [0.15, 0.2) is 0 Å². The number of esters is 2. The Morgan fingerprint density at radius 1 is 0.854 bits per heavy atom. The van der Waals surface area contributed by atoms with Crippen LogP contribution >= 0.6 is 0 Å². The molecule has 0 unspecified atom stereocenters. The number of alkyl halides is 3. The number of hydrogen-bond acceptors (Lipinski definition) is 7. The van der Waals surface area contributed by atoms with Crippen molar-refractivity contribution in [1.29, 1.82) is 0 Å². The Labute approximate surface area is 235 Å². The lowest BCUT2D eigenvalue weighted by Gasteiger charge is -2.29. The lowest BCUT2D eigenvalue weighted by Crippen LogP contribution is -2.45. The number of anilines is 1. The standard InChI is InChI=1S/C29H33F3N2O7/c1-27(2,3)40-25(37)22-15-21(16-34(22)26(38)41-28(4,5)6)39-24(36)18-8-7-9-20(14-18)33-23(35)17-10-12-19(13-11-17)29(30,31)32/h7-14,21-22H,15-16H2,1-6H3,(H,33,35)/t21-,22-/m0/s1. The molecule has 222 valence electrons. The molecule has 12 heteroatoms. The minimum Gasteiger partial charge on any atom is -0.458 e. The number of likely N-dealkylation sites (tertiary alicyclic amines) is 1. The monoisotopic (exact) mass is 578 g/mol. The van der Waals surface area contributed by atoms with Gasteiger partial charge in [0, 0.05) is 17.7 Å². The Bertz CT molecular complexity index is 1260. The Balaban J connectivity index is 1.70. The Kier molecular flexibility index (Phi) is 9.04. The van der Waals surface area contributed by atoms with Gasteiger partial charge in [-0.2, -0.15) is 13.2 Å². The van der Waals surface area contributed by atoms with Crippen molar-refractivity contribution in [2.24, 2.45) is 0 Å². The van der Waals surface area contributed by atoms with E-state index in [2.05, 4.69) is 5.32 Å². The molecule has 2 aromatic carbocycles. The number of amides is 2. The number of rotatable bonds is 5. The van der Waals surface area contributed by atoms with Gasteiger partial charge in [-0.1, -0.05) is 6.07 Å². The van der Waals surface area contributed by atoms with E-state index >= 15 is 0 Å². The van der Waals surface area contributed by atoms with Crippen molar-refractivity contribution in [2.45, 2.75) is 77.5 Å². The van der Waals surface area contributed by atoms with Crippen LogP contribution in [0.1, 0.15) is 74.2 Å². The zero-order valence-corrected chi connectivity index (χ0v) is 23.6. The average molecular weight is 579 g/mol. The smallest absolute Gasteiger partial charge is 0.416 e. The predicted octanol–water partition coefficient (Wildman–Crippen LogP) is 5.83. The molecular formula is C29H33F3N2O7. The van der Waals surface area contributed by atoms with Crippen molar-refractivity contribution in [3.8, 4) is 0 Å². The van der Waals surface area contributed by atoms with Crippen LogP contribution in [-0.2, 0) is 25.2 Å². The van der Waals surface area contributed by atoms with Crippen molar-refractivity contribution in [3.63, 3.8) is 0 Å². The topological polar surface area (TPSA) is 111 Å². The van der Waals surface area contributed by atoms with E-state index in [1.54, 1.807) is 41.5 Å². The first-order valence-corrected chi connectivity index (χ1v) is 12.8. The van der Waals surface area contributed by atoms with Gasteiger partial charge in [0.25, 0.3) is 5.91 Å². The molecule has 1 aliphatic heterocycles.